The molecule has 0 aliphatic carbocycles. The van der Waals surface area contributed by atoms with Gasteiger partial charge >= 0.3 is 0 Å². The summed E-state index contributed by atoms with van der Waals surface area (Å²) < 4.78 is 26.5. The molecular formula is C13H17N3O2S2. The summed E-state index contributed by atoms with van der Waals surface area (Å²) in [6, 6.07) is 6.65. The molecule has 0 atom stereocenters. The number of pyridine rings is 1. The highest BCUT2D eigenvalue weighted by molar-refractivity contribution is 7.98. The summed E-state index contributed by atoms with van der Waals surface area (Å²) in [6.45, 7) is 0.461. The molecule has 0 aliphatic heterocycles. The van der Waals surface area contributed by atoms with Crippen molar-refractivity contribution in [3.05, 3.63) is 30.5 Å². The number of fused-ring (bicyclic) bond motifs is 1. The van der Waals surface area contributed by atoms with Gasteiger partial charge in [0.05, 0.1) is 5.52 Å². The van der Waals surface area contributed by atoms with Gasteiger partial charge in [0.25, 0.3) is 0 Å². The lowest BCUT2D eigenvalue weighted by atomic mass is 10.2. The first-order chi connectivity index (χ1) is 9.48. The highest BCUT2D eigenvalue weighted by atomic mass is 32.2. The second-order valence-electron chi connectivity index (χ2n) is 4.37. The maximum absolute atomic E-state index is 12.6. The number of benzene rings is 1. The monoisotopic (exact) mass is 311 g/mol. The summed E-state index contributed by atoms with van der Waals surface area (Å²) in [5.41, 5.74) is 6.82. The van der Waals surface area contributed by atoms with E-state index in [0.29, 0.717) is 23.1 Å². The normalized spacial score (nSPS) is 12.2. The van der Waals surface area contributed by atoms with Crippen molar-refractivity contribution in [2.75, 3.05) is 31.3 Å². The van der Waals surface area contributed by atoms with Gasteiger partial charge in [0.2, 0.25) is 10.0 Å². The molecule has 0 aliphatic rings. The maximum atomic E-state index is 12.6. The van der Waals surface area contributed by atoms with Crippen LogP contribution >= 0.6 is 11.8 Å². The Labute approximate surface area is 123 Å². The number of nitrogens with two attached hydrogens (primary N) is 1. The maximum Gasteiger partial charge on any atom is 0.245 e. The second-order valence-corrected chi connectivity index (χ2v) is 7.37. The number of rotatable bonds is 5. The first-order valence-electron chi connectivity index (χ1n) is 6.07. The Balaban J connectivity index is 2.55. The van der Waals surface area contributed by atoms with E-state index in [1.54, 1.807) is 43.2 Å². The molecule has 2 aromatic rings. The predicted octanol–water partition coefficient (Wildman–Crippen LogP) is 1.80. The van der Waals surface area contributed by atoms with Crippen molar-refractivity contribution in [1.82, 2.24) is 9.29 Å². The summed E-state index contributed by atoms with van der Waals surface area (Å²) in [4.78, 5) is 4.38. The summed E-state index contributed by atoms with van der Waals surface area (Å²) in [5, 5.41) is 0.659. The number of nitrogens with zero attached hydrogens (tertiary/aromatic N) is 2. The number of anilines is 1. The Bertz CT molecular complexity index is 717. The van der Waals surface area contributed by atoms with Crippen LogP contribution in [-0.4, -0.2) is 43.3 Å². The molecule has 0 radical (unpaired) electrons. The quantitative estimate of drug-likeness (QED) is 0.852. The van der Waals surface area contributed by atoms with Crippen LogP contribution in [-0.2, 0) is 10.0 Å². The van der Waals surface area contributed by atoms with Gasteiger partial charge in [-0.25, -0.2) is 12.7 Å². The van der Waals surface area contributed by atoms with E-state index in [1.807, 2.05) is 6.26 Å². The molecule has 2 N–H and O–H groups in total. The fourth-order valence-corrected chi connectivity index (χ4v) is 3.77. The summed E-state index contributed by atoms with van der Waals surface area (Å²) >= 11 is 1.61. The fraction of sp³-hybridized carbons (Fsp3) is 0.308. The Kier molecular flexibility index (Phi) is 4.52. The van der Waals surface area contributed by atoms with Crippen molar-refractivity contribution in [1.29, 1.82) is 0 Å². The molecule has 0 saturated carbocycles. The van der Waals surface area contributed by atoms with Crippen LogP contribution in [0.25, 0.3) is 10.9 Å². The first-order valence-corrected chi connectivity index (χ1v) is 8.90. The van der Waals surface area contributed by atoms with Gasteiger partial charge in [-0.3, -0.25) is 4.98 Å². The van der Waals surface area contributed by atoms with Crippen LogP contribution in [0, 0.1) is 0 Å². The molecule has 0 saturated heterocycles. The van der Waals surface area contributed by atoms with E-state index in [2.05, 4.69) is 4.98 Å². The first kappa shape index (κ1) is 15.1. The van der Waals surface area contributed by atoms with E-state index < -0.39 is 10.0 Å². The smallest absolute Gasteiger partial charge is 0.245 e. The fourth-order valence-electron chi connectivity index (χ4n) is 1.88. The molecule has 1 aromatic heterocycles. The third-order valence-corrected chi connectivity index (χ3v) is 5.54. The van der Waals surface area contributed by atoms with Gasteiger partial charge in [-0.2, -0.15) is 11.8 Å². The van der Waals surface area contributed by atoms with E-state index in [4.69, 9.17) is 5.73 Å². The second kappa shape index (κ2) is 5.99. The SMILES string of the molecule is CSCCN(C)S(=O)(=O)c1ccc(N)c2cccnc12. The molecule has 0 bridgehead atoms. The molecule has 2 rings (SSSR count). The van der Waals surface area contributed by atoms with E-state index in [1.165, 1.54) is 10.4 Å². The van der Waals surface area contributed by atoms with Crippen LogP contribution in [0.5, 0.6) is 0 Å². The summed E-state index contributed by atoms with van der Waals surface area (Å²) in [7, 11) is -1.97. The lowest BCUT2D eigenvalue weighted by Gasteiger charge is -2.17. The number of aromatic nitrogens is 1. The minimum absolute atomic E-state index is 0.200. The molecule has 5 nitrogen and oxygen atoms in total. The standard InChI is InChI=1S/C13H17N3O2S2/c1-16(8-9-19-2)20(17,18)12-6-5-11(14)10-4-3-7-15-13(10)12/h3-7H,8-9,14H2,1-2H3. The predicted molar refractivity (Wildman–Crippen MR) is 84.4 cm³/mol. The van der Waals surface area contributed by atoms with Crippen LogP contribution in [0.2, 0.25) is 0 Å². The number of sulfonamides is 1. The van der Waals surface area contributed by atoms with E-state index >= 15 is 0 Å². The molecular weight excluding hydrogens is 294 g/mol. The molecule has 7 heteroatoms. The molecule has 1 heterocycles. The third kappa shape index (κ3) is 2.74. The molecule has 0 unspecified atom stereocenters. The highest BCUT2D eigenvalue weighted by Gasteiger charge is 2.23. The van der Waals surface area contributed by atoms with Gasteiger partial charge in [0.15, 0.2) is 0 Å². The zero-order valence-electron chi connectivity index (χ0n) is 11.4. The van der Waals surface area contributed by atoms with Crippen molar-refractivity contribution in [3.8, 4) is 0 Å². The topological polar surface area (TPSA) is 76.3 Å². The van der Waals surface area contributed by atoms with Gasteiger partial charge < -0.3 is 5.73 Å². The minimum Gasteiger partial charge on any atom is -0.398 e. The van der Waals surface area contributed by atoms with Gasteiger partial charge in [-0.05, 0) is 30.5 Å². The number of thioether (sulfide) groups is 1. The zero-order chi connectivity index (χ0) is 14.8. The Morgan fingerprint density at radius 3 is 2.80 bits per heavy atom. The number of hydrogen-bond donors (Lipinski definition) is 1. The van der Waals surface area contributed by atoms with Crippen LogP contribution in [0.3, 0.4) is 0 Å². The number of nitrogen functional groups attached to an aromatic ring is 1. The van der Waals surface area contributed by atoms with E-state index in [0.717, 1.165) is 5.75 Å². The average Bonchev–Trinajstić information content (AvgIpc) is 2.45. The van der Waals surface area contributed by atoms with Crippen LogP contribution in [0.4, 0.5) is 5.69 Å². The van der Waals surface area contributed by atoms with Gasteiger partial charge in [0, 0.05) is 36.6 Å². The Hall–Kier alpha value is -1.31. The lowest BCUT2D eigenvalue weighted by molar-refractivity contribution is 0.489. The van der Waals surface area contributed by atoms with Crippen LogP contribution in [0.15, 0.2) is 35.4 Å². The minimum atomic E-state index is -3.55. The Morgan fingerprint density at radius 1 is 1.35 bits per heavy atom. The van der Waals surface area contributed by atoms with Gasteiger partial charge in [-0.1, -0.05) is 0 Å². The van der Waals surface area contributed by atoms with Crippen molar-refractivity contribution in [2.24, 2.45) is 0 Å². The van der Waals surface area contributed by atoms with Crippen LogP contribution in [0.1, 0.15) is 0 Å². The molecule has 20 heavy (non-hydrogen) atoms. The van der Waals surface area contributed by atoms with Crippen molar-refractivity contribution < 1.29 is 8.42 Å². The third-order valence-electron chi connectivity index (χ3n) is 3.06. The van der Waals surface area contributed by atoms with Crippen molar-refractivity contribution in [2.45, 2.75) is 4.90 Å². The molecule has 0 amide bonds. The Morgan fingerprint density at radius 2 is 2.10 bits per heavy atom. The molecule has 108 valence electrons. The van der Waals surface area contributed by atoms with Gasteiger partial charge in [-0.15, -0.1) is 0 Å². The zero-order valence-corrected chi connectivity index (χ0v) is 13.0. The average molecular weight is 311 g/mol. The van der Waals surface area contributed by atoms with E-state index in [9.17, 15) is 8.42 Å². The largest absolute Gasteiger partial charge is 0.398 e. The van der Waals surface area contributed by atoms with Crippen LogP contribution < -0.4 is 5.73 Å². The highest BCUT2D eigenvalue weighted by Crippen LogP contribution is 2.27. The summed E-state index contributed by atoms with van der Waals surface area (Å²) in [6.07, 6.45) is 3.52. The molecule has 0 fully saturated rings. The van der Waals surface area contributed by atoms with Crippen molar-refractivity contribution >= 4 is 38.4 Å². The summed E-state index contributed by atoms with van der Waals surface area (Å²) in [5.74, 6) is 0.746. The number of hydrogen-bond acceptors (Lipinski definition) is 5. The molecule has 0 spiro atoms. The molecule has 1 aromatic carbocycles. The van der Waals surface area contributed by atoms with Gasteiger partial charge in [0.1, 0.15) is 4.90 Å². The lowest BCUT2D eigenvalue weighted by Crippen LogP contribution is -2.29. The van der Waals surface area contributed by atoms with Crippen molar-refractivity contribution in [3.63, 3.8) is 0 Å². The van der Waals surface area contributed by atoms with E-state index in [-0.39, 0.29) is 4.90 Å².